The first-order chi connectivity index (χ1) is 23.5. The standard InChI is InChI=1S/C46H62N2/c1-4-7-9-11-13-44(38-19-27-42(47)28-20-38)36-15-23-40(24-16-36)46(33-31-35(6-3)32-34-46)41-25-17-37(18-26-41)45(14-12-10-8-5-2)39-21-29-43(48)30-22-39/h15-30,35,44-45H,4-14,31-34,47-48H2,1-3H3. The second-order valence-electron chi connectivity index (χ2n) is 14.8. The Labute approximate surface area is 292 Å². The molecule has 0 bridgehead atoms. The van der Waals surface area contributed by atoms with Gasteiger partial charge < -0.3 is 11.5 Å². The predicted molar refractivity (Wildman–Crippen MR) is 209 cm³/mol. The number of anilines is 2. The summed E-state index contributed by atoms with van der Waals surface area (Å²) in [7, 11) is 0. The van der Waals surface area contributed by atoms with Crippen LogP contribution in [0.3, 0.4) is 0 Å². The van der Waals surface area contributed by atoms with Gasteiger partial charge in [-0.1, -0.05) is 151 Å². The molecule has 256 valence electrons. The Bertz CT molecular complexity index is 1370. The summed E-state index contributed by atoms with van der Waals surface area (Å²) >= 11 is 0. The molecule has 4 aromatic rings. The highest BCUT2D eigenvalue weighted by atomic mass is 14.5. The van der Waals surface area contributed by atoms with Gasteiger partial charge in [0.2, 0.25) is 0 Å². The number of hydrogen-bond acceptors (Lipinski definition) is 2. The third-order valence-electron chi connectivity index (χ3n) is 11.6. The van der Waals surface area contributed by atoms with Gasteiger partial charge in [-0.25, -0.2) is 0 Å². The van der Waals surface area contributed by atoms with Crippen molar-refractivity contribution in [3.63, 3.8) is 0 Å². The highest BCUT2D eigenvalue weighted by Gasteiger charge is 2.38. The van der Waals surface area contributed by atoms with Crippen LogP contribution in [-0.2, 0) is 5.41 Å². The van der Waals surface area contributed by atoms with Gasteiger partial charge in [-0.2, -0.15) is 0 Å². The number of hydrogen-bond donors (Lipinski definition) is 2. The molecule has 4 N–H and O–H groups in total. The summed E-state index contributed by atoms with van der Waals surface area (Å²) in [5.74, 6) is 1.66. The van der Waals surface area contributed by atoms with E-state index in [0.717, 1.165) is 17.3 Å². The minimum atomic E-state index is 0.0678. The van der Waals surface area contributed by atoms with Crippen LogP contribution in [0, 0.1) is 5.92 Å². The Hall–Kier alpha value is -3.52. The average Bonchev–Trinajstić information content (AvgIpc) is 3.13. The summed E-state index contributed by atoms with van der Waals surface area (Å²) in [5.41, 5.74) is 22.5. The van der Waals surface area contributed by atoms with Crippen LogP contribution in [0.2, 0.25) is 0 Å². The molecule has 5 rings (SSSR count). The summed E-state index contributed by atoms with van der Waals surface area (Å²) in [4.78, 5) is 0. The largest absolute Gasteiger partial charge is 0.399 e. The third-order valence-corrected chi connectivity index (χ3v) is 11.6. The Morgan fingerprint density at radius 2 is 0.854 bits per heavy atom. The summed E-state index contributed by atoms with van der Waals surface area (Å²) in [5, 5.41) is 0. The second kappa shape index (κ2) is 17.8. The molecule has 0 aromatic heterocycles. The molecule has 48 heavy (non-hydrogen) atoms. The molecular weight excluding hydrogens is 581 g/mol. The summed E-state index contributed by atoms with van der Waals surface area (Å²) in [6, 6.07) is 37.0. The van der Waals surface area contributed by atoms with Gasteiger partial charge in [-0.05, 0) is 102 Å². The number of rotatable bonds is 17. The normalized spacial score (nSPS) is 19.2. The van der Waals surface area contributed by atoms with Crippen molar-refractivity contribution >= 4 is 11.4 Å². The maximum atomic E-state index is 6.09. The van der Waals surface area contributed by atoms with E-state index in [2.05, 4.69) is 118 Å². The molecule has 0 radical (unpaired) electrons. The molecule has 4 aromatic carbocycles. The number of unbranched alkanes of at least 4 members (excludes halogenated alkanes) is 6. The minimum absolute atomic E-state index is 0.0678. The molecule has 1 fully saturated rings. The Morgan fingerprint density at radius 3 is 1.19 bits per heavy atom. The molecule has 1 saturated carbocycles. The number of nitrogens with two attached hydrogens (primary N) is 2. The summed E-state index contributed by atoms with van der Waals surface area (Å²) in [6.45, 7) is 6.96. The molecule has 0 heterocycles. The lowest BCUT2D eigenvalue weighted by Crippen LogP contribution is -2.33. The first-order valence-corrected chi connectivity index (χ1v) is 19.4. The van der Waals surface area contributed by atoms with E-state index >= 15 is 0 Å². The molecule has 2 heteroatoms. The van der Waals surface area contributed by atoms with Crippen LogP contribution in [0.5, 0.6) is 0 Å². The first kappa shape index (κ1) is 35.8. The van der Waals surface area contributed by atoms with Gasteiger partial charge in [0.1, 0.15) is 0 Å². The van der Waals surface area contributed by atoms with Crippen molar-refractivity contribution in [1.82, 2.24) is 0 Å². The van der Waals surface area contributed by atoms with Crippen molar-refractivity contribution in [3.05, 3.63) is 130 Å². The topological polar surface area (TPSA) is 52.0 Å². The fraction of sp³-hybridized carbons (Fsp3) is 0.478. The van der Waals surface area contributed by atoms with Gasteiger partial charge in [-0.3, -0.25) is 0 Å². The SMILES string of the molecule is CCCCCCC(c1ccc(N)cc1)c1ccc(C2(c3ccc(C(CCCCCC)c4ccc(N)cc4)cc3)CCC(CC)CC2)cc1. The fourth-order valence-corrected chi connectivity index (χ4v) is 8.45. The van der Waals surface area contributed by atoms with Gasteiger partial charge in [0.15, 0.2) is 0 Å². The average molecular weight is 643 g/mol. The van der Waals surface area contributed by atoms with E-state index in [1.165, 1.54) is 130 Å². The third kappa shape index (κ3) is 8.93. The summed E-state index contributed by atoms with van der Waals surface area (Å²) < 4.78 is 0. The first-order valence-electron chi connectivity index (χ1n) is 19.4. The van der Waals surface area contributed by atoms with Gasteiger partial charge in [0, 0.05) is 28.6 Å². The van der Waals surface area contributed by atoms with Crippen LogP contribution in [-0.4, -0.2) is 0 Å². The molecule has 1 aliphatic carbocycles. The maximum Gasteiger partial charge on any atom is 0.0314 e. The predicted octanol–water partition coefficient (Wildman–Crippen LogP) is 12.9. The Morgan fingerprint density at radius 1 is 0.500 bits per heavy atom. The molecule has 0 aliphatic heterocycles. The molecular formula is C46H62N2. The zero-order valence-corrected chi connectivity index (χ0v) is 30.2. The smallest absolute Gasteiger partial charge is 0.0314 e. The second-order valence-corrected chi connectivity index (χ2v) is 14.8. The zero-order valence-electron chi connectivity index (χ0n) is 30.2. The van der Waals surface area contributed by atoms with Crippen molar-refractivity contribution in [2.75, 3.05) is 11.5 Å². The van der Waals surface area contributed by atoms with Crippen LogP contribution in [0.15, 0.2) is 97.1 Å². The van der Waals surface area contributed by atoms with Crippen molar-refractivity contribution < 1.29 is 0 Å². The number of benzene rings is 4. The van der Waals surface area contributed by atoms with Crippen LogP contribution >= 0.6 is 0 Å². The van der Waals surface area contributed by atoms with Crippen molar-refractivity contribution in [3.8, 4) is 0 Å². The number of nitrogen functional groups attached to an aromatic ring is 2. The molecule has 1 aliphatic rings. The lowest BCUT2D eigenvalue weighted by atomic mass is 9.62. The van der Waals surface area contributed by atoms with E-state index in [9.17, 15) is 0 Å². The molecule has 0 amide bonds. The minimum Gasteiger partial charge on any atom is -0.399 e. The highest BCUT2D eigenvalue weighted by Crippen LogP contribution is 2.48. The van der Waals surface area contributed by atoms with Crippen LogP contribution in [0.1, 0.15) is 162 Å². The van der Waals surface area contributed by atoms with Crippen molar-refractivity contribution in [2.24, 2.45) is 5.92 Å². The monoisotopic (exact) mass is 642 g/mol. The van der Waals surface area contributed by atoms with E-state index in [1.807, 2.05) is 0 Å². The molecule has 2 nitrogen and oxygen atoms in total. The summed E-state index contributed by atoms with van der Waals surface area (Å²) in [6.07, 6.45) is 19.0. The van der Waals surface area contributed by atoms with Gasteiger partial charge in [0.25, 0.3) is 0 Å². The van der Waals surface area contributed by atoms with Gasteiger partial charge >= 0.3 is 0 Å². The lowest BCUT2D eigenvalue weighted by Gasteiger charge is -2.41. The Kier molecular flexibility index (Phi) is 13.2. The Balaban J connectivity index is 1.44. The van der Waals surface area contributed by atoms with E-state index in [-0.39, 0.29) is 5.41 Å². The lowest BCUT2D eigenvalue weighted by molar-refractivity contribution is 0.260. The van der Waals surface area contributed by atoms with Crippen molar-refractivity contribution in [2.45, 2.75) is 134 Å². The van der Waals surface area contributed by atoms with E-state index < -0.39 is 0 Å². The maximum absolute atomic E-state index is 6.09. The zero-order chi connectivity index (χ0) is 33.8. The molecule has 0 saturated heterocycles. The fourth-order valence-electron chi connectivity index (χ4n) is 8.45. The molecule has 0 spiro atoms. The highest BCUT2D eigenvalue weighted by molar-refractivity contribution is 5.47. The molecule has 2 atom stereocenters. The van der Waals surface area contributed by atoms with E-state index in [1.54, 1.807) is 0 Å². The van der Waals surface area contributed by atoms with Crippen LogP contribution in [0.25, 0.3) is 0 Å². The quantitative estimate of drug-likeness (QED) is 0.0889. The van der Waals surface area contributed by atoms with Crippen molar-refractivity contribution in [1.29, 1.82) is 0 Å². The van der Waals surface area contributed by atoms with Crippen LogP contribution in [0.4, 0.5) is 11.4 Å². The van der Waals surface area contributed by atoms with Crippen LogP contribution < -0.4 is 11.5 Å². The van der Waals surface area contributed by atoms with Gasteiger partial charge in [0.05, 0.1) is 0 Å². The molecule has 2 unspecified atom stereocenters. The van der Waals surface area contributed by atoms with E-state index in [4.69, 9.17) is 11.5 Å². The van der Waals surface area contributed by atoms with Gasteiger partial charge in [-0.15, -0.1) is 0 Å². The van der Waals surface area contributed by atoms with E-state index in [0.29, 0.717) is 11.8 Å².